The highest BCUT2D eigenvalue weighted by Gasteiger charge is 2.44. The van der Waals surface area contributed by atoms with Gasteiger partial charge in [-0.05, 0) is 33.1 Å². The Labute approximate surface area is 116 Å². The third kappa shape index (κ3) is 4.23. The minimum Gasteiger partial charge on any atom is -0.369 e. The highest BCUT2D eigenvalue weighted by atomic mass is 16.2. The molecule has 0 aromatic heterocycles. The van der Waals surface area contributed by atoms with E-state index in [1.54, 1.807) is 11.0 Å². The topological polar surface area (TPSA) is 63.4 Å². The average Bonchev–Trinajstić information content (AvgIpc) is 2.38. The Kier molecular flexibility index (Phi) is 7.80. The molecule has 19 heavy (non-hydrogen) atoms. The highest BCUT2D eigenvalue weighted by Crippen LogP contribution is 2.30. The molecular formula is C15H26N2O2. The first-order chi connectivity index (χ1) is 8.99. The Morgan fingerprint density at radius 2 is 1.74 bits per heavy atom. The van der Waals surface area contributed by atoms with Gasteiger partial charge < -0.3 is 10.6 Å². The van der Waals surface area contributed by atoms with Crippen LogP contribution >= 0.6 is 0 Å². The molecule has 0 saturated heterocycles. The van der Waals surface area contributed by atoms with E-state index in [1.165, 1.54) is 0 Å². The maximum Gasteiger partial charge on any atom is 0.238 e. The van der Waals surface area contributed by atoms with E-state index in [0.717, 1.165) is 6.42 Å². The molecule has 0 fully saturated rings. The van der Waals surface area contributed by atoms with Crippen LogP contribution < -0.4 is 5.73 Å². The molecule has 0 aliphatic heterocycles. The van der Waals surface area contributed by atoms with Gasteiger partial charge in [-0.2, -0.15) is 0 Å². The van der Waals surface area contributed by atoms with Crippen LogP contribution in [0.3, 0.4) is 0 Å². The first-order valence-electron chi connectivity index (χ1n) is 6.85. The van der Waals surface area contributed by atoms with Gasteiger partial charge in [-0.3, -0.25) is 9.59 Å². The van der Waals surface area contributed by atoms with Crippen LogP contribution in [0.25, 0.3) is 0 Å². The van der Waals surface area contributed by atoms with Crippen molar-refractivity contribution in [3.05, 3.63) is 24.8 Å². The number of carbonyl (C=O) groups excluding carboxylic acids is 2. The Balaban J connectivity index is 5.43. The van der Waals surface area contributed by atoms with Crippen LogP contribution in [0.2, 0.25) is 0 Å². The summed E-state index contributed by atoms with van der Waals surface area (Å²) in [6.45, 7) is 10.6. The predicted molar refractivity (Wildman–Crippen MR) is 78.4 cm³/mol. The lowest BCUT2D eigenvalue weighted by Crippen LogP contribution is -2.51. The summed E-state index contributed by atoms with van der Waals surface area (Å²) in [5, 5.41) is 0. The molecule has 0 aromatic carbocycles. The normalized spacial score (nSPS) is 14.1. The van der Waals surface area contributed by atoms with Crippen LogP contribution in [0, 0.1) is 5.41 Å². The summed E-state index contributed by atoms with van der Waals surface area (Å²) in [5.74, 6) is -0.782. The fourth-order valence-electron chi connectivity index (χ4n) is 2.08. The zero-order valence-corrected chi connectivity index (χ0v) is 12.3. The number of nitrogens with zero attached hydrogens (tertiary/aromatic N) is 1. The van der Waals surface area contributed by atoms with Gasteiger partial charge in [0.25, 0.3) is 0 Å². The number of amides is 2. The number of hydrogen-bond donors (Lipinski definition) is 1. The first-order valence-corrected chi connectivity index (χ1v) is 6.85. The zero-order chi connectivity index (χ0) is 14.9. The van der Waals surface area contributed by atoms with E-state index < -0.39 is 11.3 Å². The molecule has 108 valence electrons. The van der Waals surface area contributed by atoms with Crippen molar-refractivity contribution in [1.82, 2.24) is 4.90 Å². The molecule has 4 nitrogen and oxygen atoms in total. The number of rotatable bonds is 9. The third-order valence-corrected chi connectivity index (χ3v) is 3.29. The summed E-state index contributed by atoms with van der Waals surface area (Å²) >= 11 is 0. The molecule has 0 rings (SSSR count). The van der Waals surface area contributed by atoms with Gasteiger partial charge in [-0.15, -0.1) is 6.58 Å². The molecule has 0 radical (unpaired) electrons. The standard InChI is InChI=1S/C15H26N2O2/c1-5-9-10-12-15(11-6-2,13(16)18)14(19)17(7-3)8-4/h6,9-10H,2,5,7-8,11-12H2,1,3-4H3,(H2,16,18)/b10-9+. The summed E-state index contributed by atoms with van der Waals surface area (Å²) in [6.07, 6.45) is 6.85. The molecule has 0 aliphatic carbocycles. The second-order valence-corrected chi connectivity index (χ2v) is 4.50. The van der Waals surface area contributed by atoms with Crippen LogP contribution in [0.5, 0.6) is 0 Å². The summed E-state index contributed by atoms with van der Waals surface area (Å²) < 4.78 is 0. The van der Waals surface area contributed by atoms with Gasteiger partial charge in [0.05, 0.1) is 0 Å². The lowest BCUT2D eigenvalue weighted by Gasteiger charge is -2.32. The fraction of sp³-hybridized carbons (Fsp3) is 0.600. The minimum atomic E-state index is -1.19. The molecule has 0 bridgehead atoms. The van der Waals surface area contributed by atoms with Crippen molar-refractivity contribution < 1.29 is 9.59 Å². The Hall–Kier alpha value is -1.58. The maximum absolute atomic E-state index is 12.6. The van der Waals surface area contributed by atoms with Crippen LogP contribution in [0.15, 0.2) is 24.8 Å². The Bertz CT molecular complexity index is 346. The van der Waals surface area contributed by atoms with Gasteiger partial charge in [-0.1, -0.05) is 25.2 Å². The largest absolute Gasteiger partial charge is 0.369 e. The van der Waals surface area contributed by atoms with Crippen molar-refractivity contribution in [2.45, 2.75) is 40.0 Å². The quantitative estimate of drug-likeness (QED) is 0.514. The van der Waals surface area contributed by atoms with Crippen molar-refractivity contribution >= 4 is 11.8 Å². The molecule has 0 heterocycles. The van der Waals surface area contributed by atoms with Crippen LogP contribution in [0.4, 0.5) is 0 Å². The fourth-order valence-corrected chi connectivity index (χ4v) is 2.08. The molecule has 0 aliphatic rings. The van der Waals surface area contributed by atoms with Gasteiger partial charge in [0.2, 0.25) is 11.8 Å². The molecule has 1 atom stereocenters. The van der Waals surface area contributed by atoms with E-state index in [1.807, 2.05) is 32.9 Å². The van der Waals surface area contributed by atoms with E-state index in [2.05, 4.69) is 6.58 Å². The molecule has 0 saturated carbocycles. The smallest absolute Gasteiger partial charge is 0.238 e. The summed E-state index contributed by atoms with van der Waals surface area (Å²) in [6, 6.07) is 0. The van der Waals surface area contributed by atoms with Crippen molar-refractivity contribution in [3.8, 4) is 0 Å². The SMILES string of the molecule is C=CCC(C/C=C/CC)(C(N)=O)C(=O)N(CC)CC. The Morgan fingerprint density at radius 1 is 1.16 bits per heavy atom. The zero-order valence-electron chi connectivity index (χ0n) is 12.3. The predicted octanol–water partition coefficient (Wildman–Crippen LogP) is 2.26. The van der Waals surface area contributed by atoms with Gasteiger partial charge >= 0.3 is 0 Å². The van der Waals surface area contributed by atoms with Crippen LogP contribution in [-0.4, -0.2) is 29.8 Å². The lowest BCUT2D eigenvalue weighted by molar-refractivity contribution is -0.148. The first kappa shape index (κ1) is 17.4. The molecular weight excluding hydrogens is 240 g/mol. The molecule has 0 spiro atoms. The monoisotopic (exact) mass is 266 g/mol. The van der Waals surface area contributed by atoms with Crippen molar-refractivity contribution in [2.75, 3.05) is 13.1 Å². The van der Waals surface area contributed by atoms with Crippen molar-refractivity contribution in [1.29, 1.82) is 0 Å². The van der Waals surface area contributed by atoms with Crippen molar-refractivity contribution in [2.24, 2.45) is 11.1 Å². The second-order valence-electron chi connectivity index (χ2n) is 4.50. The maximum atomic E-state index is 12.6. The number of nitrogens with two attached hydrogens (primary N) is 1. The van der Waals surface area contributed by atoms with E-state index in [-0.39, 0.29) is 12.3 Å². The number of primary amides is 1. The molecule has 0 aromatic rings. The van der Waals surface area contributed by atoms with Gasteiger partial charge in [0, 0.05) is 13.1 Å². The number of allylic oxidation sites excluding steroid dienone is 3. The molecule has 1 unspecified atom stereocenters. The lowest BCUT2D eigenvalue weighted by atomic mass is 9.78. The molecule has 2 N–H and O–H groups in total. The van der Waals surface area contributed by atoms with E-state index >= 15 is 0 Å². The second kappa shape index (κ2) is 8.51. The Morgan fingerprint density at radius 3 is 2.11 bits per heavy atom. The van der Waals surface area contributed by atoms with E-state index in [4.69, 9.17) is 5.73 Å². The highest BCUT2D eigenvalue weighted by molar-refractivity contribution is 6.04. The van der Waals surface area contributed by atoms with Gasteiger partial charge in [0.1, 0.15) is 5.41 Å². The molecule has 2 amide bonds. The number of hydrogen-bond acceptors (Lipinski definition) is 2. The average molecular weight is 266 g/mol. The van der Waals surface area contributed by atoms with E-state index in [0.29, 0.717) is 19.5 Å². The van der Waals surface area contributed by atoms with Crippen molar-refractivity contribution in [3.63, 3.8) is 0 Å². The third-order valence-electron chi connectivity index (χ3n) is 3.29. The minimum absolute atomic E-state index is 0.203. The van der Waals surface area contributed by atoms with Crippen LogP contribution in [0.1, 0.15) is 40.0 Å². The summed E-state index contributed by atoms with van der Waals surface area (Å²) in [5.41, 5.74) is 4.33. The van der Waals surface area contributed by atoms with E-state index in [9.17, 15) is 9.59 Å². The summed E-state index contributed by atoms with van der Waals surface area (Å²) in [4.78, 5) is 26.1. The van der Waals surface area contributed by atoms with Gasteiger partial charge in [0.15, 0.2) is 0 Å². The molecule has 4 heteroatoms. The number of carbonyl (C=O) groups is 2. The summed E-state index contributed by atoms with van der Waals surface area (Å²) in [7, 11) is 0. The van der Waals surface area contributed by atoms with Crippen LogP contribution in [-0.2, 0) is 9.59 Å². The van der Waals surface area contributed by atoms with Gasteiger partial charge in [-0.25, -0.2) is 0 Å².